The standard InChI is InChI=1S/C17H16N2O/c1-2-3-13-6-10-16(11-7-13)19-17(20)15-8-4-14(12-18)5-9-15/h4-11H,2-3H2,1H3,(H,19,20). The molecule has 1 amide bonds. The summed E-state index contributed by atoms with van der Waals surface area (Å²) in [6, 6.07) is 16.5. The lowest BCUT2D eigenvalue weighted by atomic mass is 10.1. The van der Waals surface area contributed by atoms with Crippen LogP contribution in [0.3, 0.4) is 0 Å². The van der Waals surface area contributed by atoms with Crippen LogP contribution in [0.5, 0.6) is 0 Å². The van der Waals surface area contributed by atoms with Crippen molar-refractivity contribution in [2.24, 2.45) is 0 Å². The molecule has 0 bridgehead atoms. The molecule has 20 heavy (non-hydrogen) atoms. The highest BCUT2D eigenvalue weighted by molar-refractivity contribution is 6.04. The maximum atomic E-state index is 12.0. The number of amides is 1. The van der Waals surface area contributed by atoms with E-state index in [1.807, 2.05) is 30.3 Å². The first-order chi connectivity index (χ1) is 9.72. The normalized spacial score (nSPS) is 9.80. The van der Waals surface area contributed by atoms with E-state index in [9.17, 15) is 4.79 Å². The number of rotatable bonds is 4. The first-order valence-corrected chi connectivity index (χ1v) is 6.63. The van der Waals surface area contributed by atoms with Gasteiger partial charge in [-0.15, -0.1) is 0 Å². The summed E-state index contributed by atoms with van der Waals surface area (Å²) in [7, 11) is 0. The molecule has 2 aromatic rings. The lowest BCUT2D eigenvalue weighted by Crippen LogP contribution is -2.11. The van der Waals surface area contributed by atoms with Gasteiger partial charge < -0.3 is 5.32 Å². The molecular weight excluding hydrogens is 248 g/mol. The van der Waals surface area contributed by atoms with Crippen molar-refractivity contribution in [3.63, 3.8) is 0 Å². The van der Waals surface area contributed by atoms with Gasteiger partial charge in [-0.1, -0.05) is 25.5 Å². The number of hydrogen-bond acceptors (Lipinski definition) is 2. The second-order valence-electron chi connectivity index (χ2n) is 4.59. The predicted octanol–water partition coefficient (Wildman–Crippen LogP) is 3.76. The summed E-state index contributed by atoms with van der Waals surface area (Å²) >= 11 is 0. The molecule has 0 aliphatic heterocycles. The summed E-state index contributed by atoms with van der Waals surface area (Å²) < 4.78 is 0. The van der Waals surface area contributed by atoms with Crippen LogP contribution in [0.1, 0.15) is 34.8 Å². The first kappa shape index (κ1) is 13.8. The van der Waals surface area contributed by atoms with E-state index in [0.29, 0.717) is 11.1 Å². The molecule has 0 aliphatic carbocycles. The third-order valence-corrected chi connectivity index (χ3v) is 3.03. The summed E-state index contributed by atoms with van der Waals surface area (Å²) in [4.78, 5) is 12.0. The van der Waals surface area contributed by atoms with Crippen molar-refractivity contribution >= 4 is 11.6 Å². The van der Waals surface area contributed by atoms with Gasteiger partial charge >= 0.3 is 0 Å². The lowest BCUT2D eigenvalue weighted by Gasteiger charge is -2.06. The molecule has 0 spiro atoms. The molecule has 0 fully saturated rings. The molecule has 3 nitrogen and oxygen atoms in total. The number of nitrogens with one attached hydrogen (secondary N) is 1. The van der Waals surface area contributed by atoms with Crippen molar-refractivity contribution in [2.75, 3.05) is 5.32 Å². The molecule has 0 atom stereocenters. The highest BCUT2D eigenvalue weighted by Gasteiger charge is 2.05. The molecule has 2 aromatic carbocycles. The average Bonchev–Trinajstić information content (AvgIpc) is 2.49. The number of benzene rings is 2. The predicted molar refractivity (Wildman–Crippen MR) is 79.5 cm³/mol. The topological polar surface area (TPSA) is 52.9 Å². The number of nitrogens with zero attached hydrogens (tertiary/aromatic N) is 1. The molecule has 0 radical (unpaired) electrons. The van der Waals surface area contributed by atoms with Gasteiger partial charge in [0.1, 0.15) is 0 Å². The monoisotopic (exact) mass is 264 g/mol. The maximum Gasteiger partial charge on any atom is 0.255 e. The molecule has 0 saturated carbocycles. The summed E-state index contributed by atoms with van der Waals surface area (Å²) in [5.74, 6) is -0.169. The molecule has 0 heterocycles. The molecule has 1 N–H and O–H groups in total. The van der Waals surface area contributed by atoms with E-state index in [-0.39, 0.29) is 5.91 Å². The minimum atomic E-state index is -0.169. The van der Waals surface area contributed by atoms with E-state index in [1.54, 1.807) is 24.3 Å². The smallest absolute Gasteiger partial charge is 0.255 e. The minimum absolute atomic E-state index is 0.169. The van der Waals surface area contributed by atoms with Gasteiger partial charge in [-0.2, -0.15) is 5.26 Å². The quantitative estimate of drug-likeness (QED) is 0.914. The number of hydrogen-bond donors (Lipinski definition) is 1. The van der Waals surface area contributed by atoms with Crippen LogP contribution in [-0.4, -0.2) is 5.91 Å². The SMILES string of the molecule is CCCc1ccc(NC(=O)c2ccc(C#N)cc2)cc1. The number of carbonyl (C=O) groups excluding carboxylic acids is 1. The van der Waals surface area contributed by atoms with Gasteiger partial charge in [0.15, 0.2) is 0 Å². The van der Waals surface area contributed by atoms with E-state index < -0.39 is 0 Å². The maximum absolute atomic E-state index is 12.0. The fraction of sp³-hybridized carbons (Fsp3) is 0.176. The van der Waals surface area contributed by atoms with Gasteiger partial charge in [0.05, 0.1) is 11.6 Å². The Balaban J connectivity index is 2.05. The van der Waals surface area contributed by atoms with Gasteiger partial charge in [0.2, 0.25) is 0 Å². The van der Waals surface area contributed by atoms with E-state index >= 15 is 0 Å². The second kappa shape index (κ2) is 6.53. The Morgan fingerprint density at radius 2 is 1.75 bits per heavy atom. The summed E-state index contributed by atoms with van der Waals surface area (Å²) in [5, 5.41) is 11.6. The fourth-order valence-corrected chi connectivity index (χ4v) is 1.94. The molecule has 0 unspecified atom stereocenters. The summed E-state index contributed by atoms with van der Waals surface area (Å²) in [5.41, 5.74) is 3.13. The van der Waals surface area contributed by atoms with Crippen LogP contribution in [0.4, 0.5) is 5.69 Å². The van der Waals surface area contributed by atoms with Crippen molar-refractivity contribution in [2.45, 2.75) is 19.8 Å². The van der Waals surface area contributed by atoms with Gasteiger partial charge in [0.25, 0.3) is 5.91 Å². The molecule has 2 rings (SSSR count). The van der Waals surface area contributed by atoms with Gasteiger partial charge in [-0.3, -0.25) is 4.79 Å². The van der Waals surface area contributed by atoms with Gasteiger partial charge in [0, 0.05) is 11.3 Å². The summed E-state index contributed by atoms with van der Waals surface area (Å²) in [6.45, 7) is 2.14. The van der Waals surface area contributed by atoms with Crippen molar-refractivity contribution in [1.29, 1.82) is 5.26 Å². The number of aryl methyl sites for hydroxylation is 1. The van der Waals surface area contributed by atoms with E-state index in [4.69, 9.17) is 5.26 Å². The molecule has 3 heteroatoms. The van der Waals surface area contributed by atoms with Gasteiger partial charge in [-0.25, -0.2) is 0 Å². The van der Waals surface area contributed by atoms with E-state index in [1.165, 1.54) is 5.56 Å². The number of carbonyl (C=O) groups is 1. The van der Waals surface area contributed by atoms with Crippen LogP contribution in [0, 0.1) is 11.3 Å². The van der Waals surface area contributed by atoms with E-state index in [2.05, 4.69) is 12.2 Å². The van der Waals surface area contributed by atoms with E-state index in [0.717, 1.165) is 18.5 Å². The lowest BCUT2D eigenvalue weighted by molar-refractivity contribution is 0.102. The Morgan fingerprint density at radius 1 is 1.10 bits per heavy atom. The van der Waals surface area contributed by atoms with Crippen LogP contribution in [0.2, 0.25) is 0 Å². The molecule has 100 valence electrons. The zero-order valence-electron chi connectivity index (χ0n) is 11.4. The zero-order valence-corrected chi connectivity index (χ0v) is 11.4. The van der Waals surface area contributed by atoms with Crippen molar-refractivity contribution in [3.8, 4) is 6.07 Å². The first-order valence-electron chi connectivity index (χ1n) is 6.63. The minimum Gasteiger partial charge on any atom is -0.322 e. The molecular formula is C17H16N2O. The second-order valence-corrected chi connectivity index (χ2v) is 4.59. The highest BCUT2D eigenvalue weighted by atomic mass is 16.1. The van der Waals surface area contributed by atoms with Crippen LogP contribution in [-0.2, 0) is 6.42 Å². The molecule has 0 aromatic heterocycles. The summed E-state index contributed by atoms with van der Waals surface area (Å²) in [6.07, 6.45) is 2.15. The van der Waals surface area contributed by atoms with Crippen LogP contribution < -0.4 is 5.32 Å². The molecule has 0 aliphatic rings. The largest absolute Gasteiger partial charge is 0.322 e. The van der Waals surface area contributed by atoms with Crippen molar-refractivity contribution in [3.05, 3.63) is 65.2 Å². The average molecular weight is 264 g/mol. The third kappa shape index (κ3) is 3.46. The Hall–Kier alpha value is -2.60. The number of nitriles is 1. The van der Waals surface area contributed by atoms with Crippen molar-refractivity contribution < 1.29 is 4.79 Å². The van der Waals surface area contributed by atoms with Crippen molar-refractivity contribution in [1.82, 2.24) is 0 Å². The van der Waals surface area contributed by atoms with Crippen LogP contribution in [0.15, 0.2) is 48.5 Å². The Bertz CT molecular complexity index is 622. The van der Waals surface area contributed by atoms with Crippen LogP contribution >= 0.6 is 0 Å². The van der Waals surface area contributed by atoms with Gasteiger partial charge in [-0.05, 0) is 48.4 Å². The Kier molecular flexibility index (Phi) is 4.52. The highest BCUT2D eigenvalue weighted by Crippen LogP contribution is 2.13. The zero-order chi connectivity index (χ0) is 14.4. The Morgan fingerprint density at radius 3 is 2.30 bits per heavy atom. The Labute approximate surface area is 118 Å². The number of anilines is 1. The van der Waals surface area contributed by atoms with Crippen LogP contribution in [0.25, 0.3) is 0 Å². The third-order valence-electron chi connectivity index (χ3n) is 3.03. The molecule has 0 saturated heterocycles. The fourth-order valence-electron chi connectivity index (χ4n) is 1.94.